The van der Waals surface area contributed by atoms with Crippen molar-refractivity contribution in [1.29, 1.82) is 0 Å². The summed E-state index contributed by atoms with van der Waals surface area (Å²) in [7, 11) is 0. The van der Waals surface area contributed by atoms with Crippen LogP contribution in [0.3, 0.4) is 0 Å². The largest absolute Gasteiger partial charge is 0.507 e. The molecule has 0 saturated carbocycles. The number of hydrazone groups is 1. The number of nitrogens with zero attached hydrogens (tertiary/aromatic N) is 1. The van der Waals surface area contributed by atoms with E-state index in [-0.39, 0.29) is 11.7 Å². The van der Waals surface area contributed by atoms with E-state index in [4.69, 9.17) is 0 Å². The first-order chi connectivity index (χ1) is 11.7. The summed E-state index contributed by atoms with van der Waals surface area (Å²) in [6, 6.07) is 11.3. The highest BCUT2D eigenvalue weighted by molar-refractivity contribution is 6.02. The topological polar surface area (TPSA) is 61.7 Å². The Bertz CT molecular complexity index is 695. The summed E-state index contributed by atoms with van der Waals surface area (Å²) in [5, 5.41) is 15.9. The van der Waals surface area contributed by atoms with Crippen LogP contribution in [-0.2, 0) is 4.79 Å². The Kier molecular flexibility index (Phi) is 7.27. The number of phenolic OH excluding ortho intramolecular Hbond substituents is 1. The maximum absolute atomic E-state index is 11.8. The first-order valence-corrected chi connectivity index (χ1v) is 8.75. The number of nitrogens with one attached hydrogen (secondary N) is 1. The minimum atomic E-state index is -0.0820. The van der Waals surface area contributed by atoms with Crippen molar-refractivity contribution >= 4 is 22.9 Å². The molecule has 0 aromatic heterocycles. The van der Waals surface area contributed by atoms with Crippen LogP contribution in [-0.4, -0.2) is 17.2 Å². The molecule has 0 unspecified atom stereocenters. The SMILES string of the molecule is CCCCCCCCC(=O)N/N=C\c1c(O)ccc2ccccc12. The van der Waals surface area contributed by atoms with Crippen LogP contribution in [0.5, 0.6) is 5.75 Å². The Hall–Kier alpha value is -2.36. The van der Waals surface area contributed by atoms with E-state index in [2.05, 4.69) is 17.5 Å². The fourth-order valence-corrected chi connectivity index (χ4v) is 2.71. The predicted molar refractivity (Wildman–Crippen MR) is 99.3 cm³/mol. The van der Waals surface area contributed by atoms with Crippen molar-refractivity contribution in [2.75, 3.05) is 0 Å². The monoisotopic (exact) mass is 326 g/mol. The smallest absolute Gasteiger partial charge is 0.240 e. The summed E-state index contributed by atoms with van der Waals surface area (Å²) in [4.78, 5) is 11.8. The number of amides is 1. The number of fused-ring (bicyclic) bond motifs is 1. The summed E-state index contributed by atoms with van der Waals surface area (Å²) >= 11 is 0. The van der Waals surface area contributed by atoms with Crippen LogP contribution >= 0.6 is 0 Å². The van der Waals surface area contributed by atoms with Gasteiger partial charge in [-0.2, -0.15) is 5.10 Å². The van der Waals surface area contributed by atoms with Gasteiger partial charge in [0.05, 0.1) is 6.21 Å². The van der Waals surface area contributed by atoms with Crippen molar-refractivity contribution in [3.05, 3.63) is 42.0 Å². The van der Waals surface area contributed by atoms with Crippen LogP contribution in [0.4, 0.5) is 0 Å². The summed E-state index contributed by atoms with van der Waals surface area (Å²) in [5.41, 5.74) is 3.16. The standard InChI is InChI=1S/C20H26N2O2/c1-2-3-4-5-6-7-12-20(24)22-21-15-18-17-11-9-8-10-16(17)13-14-19(18)23/h8-11,13-15,23H,2-7,12H2,1H3,(H,22,24)/b21-15-. The van der Waals surface area contributed by atoms with E-state index in [1.807, 2.05) is 30.3 Å². The molecule has 0 aliphatic rings. The lowest BCUT2D eigenvalue weighted by molar-refractivity contribution is -0.121. The predicted octanol–water partition coefficient (Wildman–Crippen LogP) is 4.75. The molecule has 0 heterocycles. The summed E-state index contributed by atoms with van der Waals surface area (Å²) in [5.74, 6) is 0.0732. The number of unbranched alkanes of at least 4 members (excludes halogenated alkanes) is 5. The van der Waals surface area contributed by atoms with Gasteiger partial charge in [0.15, 0.2) is 0 Å². The molecule has 0 bridgehead atoms. The van der Waals surface area contributed by atoms with Crippen molar-refractivity contribution < 1.29 is 9.90 Å². The molecule has 0 fully saturated rings. The highest BCUT2D eigenvalue weighted by Crippen LogP contribution is 2.25. The Morgan fingerprint density at radius 1 is 1.08 bits per heavy atom. The number of hydrogen-bond acceptors (Lipinski definition) is 3. The molecule has 4 heteroatoms. The van der Waals surface area contributed by atoms with Gasteiger partial charge in [0, 0.05) is 12.0 Å². The Labute approximate surface area is 143 Å². The van der Waals surface area contributed by atoms with Gasteiger partial charge in [0.2, 0.25) is 5.91 Å². The molecule has 1 amide bonds. The van der Waals surface area contributed by atoms with Crippen molar-refractivity contribution in [3.63, 3.8) is 0 Å². The molecular formula is C20H26N2O2. The fourth-order valence-electron chi connectivity index (χ4n) is 2.71. The molecule has 4 nitrogen and oxygen atoms in total. The number of rotatable bonds is 9. The highest BCUT2D eigenvalue weighted by Gasteiger charge is 2.04. The first kappa shape index (κ1) is 18.0. The maximum Gasteiger partial charge on any atom is 0.240 e. The summed E-state index contributed by atoms with van der Waals surface area (Å²) in [6.07, 6.45) is 8.92. The van der Waals surface area contributed by atoms with Crippen LogP contribution in [0.1, 0.15) is 57.4 Å². The third-order valence-electron chi connectivity index (χ3n) is 4.09. The molecule has 2 rings (SSSR count). The Balaban J connectivity index is 1.84. The molecule has 0 aliphatic carbocycles. The van der Waals surface area contributed by atoms with Gasteiger partial charge < -0.3 is 5.11 Å². The van der Waals surface area contributed by atoms with Gasteiger partial charge in [-0.05, 0) is 23.3 Å². The van der Waals surface area contributed by atoms with Crippen LogP contribution in [0.25, 0.3) is 10.8 Å². The number of aromatic hydroxyl groups is 1. The zero-order valence-corrected chi connectivity index (χ0v) is 14.3. The molecule has 2 N–H and O–H groups in total. The van der Waals surface area contributed by atoms with Crippen LogP contribution in [0, 0.1) is 0 Å². The van der Waals surface area contributed by atoms with Gasteiger partial charge in [0.25, 0.3) is 0 Å². The van der Waals surface area contributed by atoms with Crippen molar-refractivity contribution in [3.8, 4) is 5.75 Å². The second kappa shape index (κ2) is 9.71. The molecule has 24 heavy (non-hydrogen) atoms. The molecule has 0 atom stereocenters. The van der Waals surface area contributed by atoms with E-state index >= 15 is 0 Å². The van der Waals surface area contributed by atoms with E-state index in [1.165, 1.54) is 31.9 Å². The third kappa shape index (κ3) is 5.37. The Morgan fingerprint density at radius 3 is 2.67 bits per heavy atom. The minimum Gasteiger partial charge on any atom is -0.507 e. The second-order valence-electron chi connectivity index (χ2n) is 6.03. The van der Waals surface area contributed by atoms with E-state index < -0.39 is 0 Å². The summed E-state index contributed by atoms with van der Waals surface area (Å²) < 4.78 is 0. The van der Waals surface area contributed by atoms with Gasteiger partial charge in [0.1, 0.15) is 5.75 Å². The van der Waals surface area contributed by atoms with Crippen molar-refractivity contribution in [2.45, 2.75) is 51.9 Å². The van der Waals surface area contributed by atoms with Crippen LogP contribution < -0.4 is 5.43 Å². The van der Waals surface area contributed by atoms with Gasteiger partial charge in [-0.3, -0.25) is 4.79 Å². The lowest BCUT2D eigenvalue weighted by Gasteiger charge is -2.05. The lowest BCUT2D eigenvalue weighted by atomic mass is 10.0. The third-order valence-corrected chi connectivity index (χ3v) is 4.09. The average Bonchev–Trinajstić information content (AvgIpc) is 2.60. The number of phenols is 1. The maximum atomic E-state index is 11.8. The molecule has 2 aromatic rings. The van der Waals surface area contributed by atoms with E-state index in [0.29, 0.717) is 12.0 Å². The van der Waals surface area contributed by atoms with E-state index in [1.54, 1.807) is 6.07 Å². The molecule has 128 valence electrons. The van der Waals surface area contributed by atoms with Gasteiger partial charge in [-0.1, -0.05) is 69.4 Å². The van der Waals surface area contributed by atoms with Gasteiger partial charge >= 0.3 is 0 Å². The van der Waals surface area contributed by atoms with E-state index in [0.717, 1.165) is 23.6 Å². The highest BCUT2D eigenvalue weighted by atomic mass is 16.3. The minimum absolute atomic E-state index is 0.0820. The number of hydrogen-bond donors (Lipinski definition) is 2. The van der Waals surface area contributed by atoms with E-state index in [9.17, 15) is 9.90 Å². The van der Waals surface area contributed by atoms with Crippen molar-refractivity contribution in [2.24, 2.45) is 5.10 Å². The molecule has 0 spiro atoms. The zero-order chi connectivity index (χ0) is 17.2. The molecule has 2 aromatic carbocycles. The van der Waals surface area contributed by atoms with Gasteiger partial charge in [-0.25, -0.2) is 5.43 Å². The van der Waals surface area contributed by atoms with Crippen LogP contribution in [0.15, 0.2) is 41.5 Å². The van der Waals surface area contributed by atoms with Crippen molar-refractivity contribution in [1.82, 2.24) is 5.43 Å². The normalized spacial score (nSPS) is 11.2. The lowest BCUT2D eigenvalue weighted by Crippen LogP contribution is -2.16. The van der Waals surface area contributed by atoms with Crippen LogP contribution in [0.2, 0.25) is 0 Å². The summed E-state index contributed by atoms with van der Waals surface area (Å²) in [6.45, 7) is 2.19. The zero-order valence-electron chi connectivity index (χ0n) is 14.3. The fraction of sp³-hybridized carbons (Fsp3) is 0.400. The number of carbonyl (C=O) groups is 1. The molecular weight excluding hydrogens is 300 g/mol. The molecule has 0 aliphatic heterocycles. The first-order valence-electron chi connectivity index (χ1n) is 8.75. The molecule has 0 saturated heterocycles. The molecule has 0 radical (unpaired) electrons. The number of benzene rings is 2. The number of carbonyl (C=O) groups excluding carboxylic acids is 1. The Morgan fingerprint density at radius 2 is 1.83 bits per heavy atom. The quantitative estimate of drug-likeness (QED) is 0.397. The average molecular weight is 326 g/mol. The van der Waals surface area contributed by atoms with Gasteiger partial charge in [-0.15, -0.1) is 0 Å². The second-order valence-corrected chi connectivity index (χ2v) is 6.03.